The van der Waals surface area contributed by atoms with Gasteiger partial charge in [-0.3, -0.25) is 15.2 Å². The number of benzene rings is 2. The van der Waals surface area contributed by atoms with E-state index < -0.39 is 5.91 Å². The van der Waals surface area contributed by atoms with Crippen molar-refractivity contribution in [3.63, 3.8) is 0 Å². The molecule has 3 aromatic rings. The van der Waals surface area contributed by atoms with Crippen LogP contribution in [0, 0.1) is 12.3 Å². The zero-order valence-electron chi connectivity index (χ0n) is 18.8. The number of carbonyl (C=O) groups is 1. The molecule has 5 rings (SSSR count). The van der Waals surface area contributed by atoms with Gasteiger partial charge in [-0.05, 0) is 66.7 Å². The molecule has 8 nitrogen and oxygen atoms in total. The summed E-state index contributed by atoms with van der Waals surface area (Å²) in [5.74, 6) is 1.01. The monoisotopic (exact) mass is 483 g/mol. The summed E-state index contributed by atoms with van der Waals surface area (Å²) in [5.41, 5.74) is 2.91. The Kier molecular flexibility index (Phi) is 6.40. The Morgan fingerprint density at radius 2 is 1.69 bits per heavy atom. The number of hydrogen-bond acceptors (Lipinski definition) is 7. The van der Waals surface area contributed by atoms with Crippen molar-refractivity contribution in [2.45, 2.75) is 6.92 Å². The van der Waals surface area contributed by atoms with Gasteiger partial charge in [0.25, 0.3) is 5.91 Å². The number of amides is 1. The highest BCUT2D eigenvalue weighted by atomic mass is 32.2. The first-order valence-corrected chi connectivity index (χ1v) is 11.7. The molecule has 0 saturated carbocycles. The standard InChI is InChI=1S/C26H21N5O3S/c1-17-4-8-20(9-5-17)33-13-14-34-21-10-6-18(7-11-21)15-22-23(27)31-26(29-24(22)32)35-25(30-31)19-3-2-12-28-16-19/h2-12,15-16,27H,13-14H2,1H3. The minimum atomic E-state index is -0.468. The molecule has 2 aliphatic rings. The maximum absolute atomic E-state index is 12.6. The zero-order chi connectivity index (χ0) is 24.2. The van der Waals surface area contributed by atoms with Gasteiger partial charge in [0.2, 0.25) is 5.17 Å². The van der Waals surface area contributed by atoms with E-state index in [9.17, 15) is 4.79 Å². The largest absolute Gasteiger partial charge is 0.490 e. The summed E-state index contributed by atoms with van der Waals surface area (Å²) in [6.45, 7) is 2.86. The van der Waals surface area contributed by atoms with E-state index in [1.54, 1.807) is 18.5 Å². The molecule has 2 aromatic carbocycles. The van der Waals surface area contributed by atoms with Gasteiger partial charge in [0.1, 0.15) is 29.8 Å². The molecule has 35 heavy (non-hydrogen) atoms. The summed E-state index contributed by atoms with van der Waals surface area (Å²) in [6.07, 6.45) is 5.00. The molecule has 1 N–H and O–H groups in total. The van der Waals surface area contributed by atoms with Crippen molar-refractivity contribution < 1.29 is 14.3 Å². The molecule has 9 heteroatoms. The number of nitrogens with one attached hydrogen (secondary N) is 1. The predicted molar refractivity (Wildman–Crippen MR) is 137 cm³/mol. The number of hydrazone groups is 1. The fraction of sp³-hybridized carbons (Fsp3) is 0.115. The third-order valence-corrected chi connectivity index (χ3v) is 6.15. The van der Waals surface area contributed by atoms with E-state index in [0.29, 0.717) is 29.2 Å². The van der Waals surface area contributed by atoms with Crippen LogP contribution in [-0.2, 0) is 4.79 Å². The molecule has 0 saturated heterocycles. The van der Waals surface area contributed by atoms with Crippen molar-refractivity contribution in [2.75, 3.05) is 13.2 Å². The van der Waals surface area contributed by atoms with Crippen LogP contribution in [0.2, 0.25) is 0 Å². The van der Waals surface area contributed by atoms with Crippen LogP contribution in [0.4, 0.5) is 0 Å². The first-order chi connectivity index (χ1) is 17.1. The van der Waals surface area contributed by atoms with Gasteiger partial charge < -0.3 is 9.47 Å². The Morgan fingerprint density at radius 3 is 2.34 bits per heavy atom. The molecule has 0 aliphatic carbocycles. The number of aliphatic imine (C=N–C) groups is 1. The minimum absolute atomic E-state index is 0.0139. The van der Waals surface area contributed by atoms with Gasteiger partial charge in [0, 0.05) is 18.0 Å². The molecule has 3 heterocycles. The normalized spacial score (nSPS) is 16.1. The summed E-state index contributed by atoms with van der Waals surface area (Å²) in [5, 5.41) is 15.4. The Hall–Kier alpha value is -4.24. The summed E-state index contributed by atoms with van der Waals surface area (Å²) in [7, 11) is 0. The summed E-state index contributed by atoms with van der Waals surface area (Å²) >= 11 is 1.24. The maximum Gasteiger partial charge on any atom is 0.283 e. The Bertz CT molecular complexity index is 1350. The SMILES string of the molecule is Cc1ccc(OCCOc2ccc(C=C3C(=N)N4N=C(c5cccnc5)SC4=NC3=O)cc2)cc1. The van der Waals surface area contributed by atoms with Crippen molar-refractivity contribution in [1.82, 2.24) is 9.99 Å². The van der Waals surface area contributed by atoms with E-state index in [2.05, 4.69) is 15.1 Å². The average molecular weight is 484 g/mol. The number of carbonyl (C=O) groups excluding carboxylic acids is 1. The fourth-order valence-electron chi connectivity index (χ4n) is 3.38. The van der Waals surface area contributed by atoms with Crippen LogP contribution in [0.15, 0.2) is 88.7 Å². The number of thioether (sulfide) groups is 1. The van der Waals surface area contributed by atoms with E-state index in [-0.39, 0.29) is 11.4 Å². The van der Waals surface area contributed by atoms with Gasteiger partial charge in [-0.25, -0.2) is 0 Å². The number of ether oxygens (including phenoxy) is 2. The number of fused-ring (bicyclic) bond motifs is 1. The highest BCUT2D eigenvalue weighted by Crippen LogP contribution is 2.30. The van der Waals surface area contributed by atoms with Gasteiger partial charge in [-0.1, -0.05) is 29.8 Å². The van der Waals surface area contributed by atoms with Crippen molar-refractivity contribution in [2.24, 2.45) is 10.1 Å². The number of pyridine rings is 1. The second kappa shape index (κ2) is 9.94. The second-order valence-electron chi connectivity index (χ2n) is 7.75. The van der Waals surface area contributed by atoms with Gasteiger partial charge in [0.15, 0.2) is 5.84 Å². The molecule has 0 radical (unpaired) electrons. The molecule has 0 bridgehead atoms. The smallest absolute Gasteiger partial charge is 0.283 e. The van der Waals surface area contributed by atoms with Crippen LogP contribution in [-0.4, -0.2) is 45.2 Å². The topological polar surface area (TPSA) is 100 Å². The molecular weight excluding hydrogens is 462 g/mol. The molecule has 0 spiro atoms. The molecular formula is C26H21N5O3S. The van der Waals surface area contributed by atoms with Gasteiger partial charge in [0.05, 0.1) is 5.57 Å². The predicted octanol–water partition coefficient (Wildman–Crippen LogP) is 4.52. The number of hydrogen-bond donors (Lipinski definition) is 1. The lowest BCUT2D eigenvalue weighted by atomic mass is 10.1. The quantitative estimate of drug-likeness (QED) is 0.392. The lowest BCUT2D eigenvalue weighted by Gasteiger charge is -2.20. The zero-order valence-corrected chi connectivity index (χ0v) is 19.7. The third kappa shape index (κ3) is 5.15. The molecule has 174 valence electrons. The van der Waals surface area contributed by atoms with Crippen LogP contribution in [0.25, 0.3) is 6.08 Å². The highest BCUT2D eigenvalue weighted by Gasteiger charge is 2.36. The summed E-state index contributed by atoms with van der Waals surface area (Å²) < 4.78 is 11.4. The van der Waals surface area contributed by atoms with E-state index in [1.807, 2.05) is 67.6 Å². The van der Waals surface area contributed by atoms with Crippen LogP contribution < -0.4 is 9.47 Å². The van der Waals surface area contributed by atoms with Crippen LogP contribution in [0.1, 0.15) is 16.7 Å². The molecule has 2 aliphatic heterocycles. The Balaban J connectivity index is 1.22. The second-order valence-corrected chi connectivity index (χ2v) is 8.70. The molecule has 1 aromatic heterocycles. The summed E-state index contributed by atoms with van der Waals surface area (Å²) in [6, 6.07) is 18.8. The van der Waals surface area contributed by atoms with E-state index in [0.717, 1.165) is 16.9 Å². The Labute approximate surface area is 206 Å². The highest BCUT2D eigenvalue weighted by molar-refractivity contribution is 8.27. The van der Waals surface area contributed by atoms with Crippen molar-refractivity contribution in [3.05, 3.63) is 95.3 Å². The maximum atomic E-state index is 12.6. The lowest BCUT2D eigenvalue weighted by molar-refractivity contribution is -0.114. The Morgan fingerprint density at radius 1 is 1.00 bits per heavy atom. The number of aryl methyl sites for hydroxylation is 1. The molecule has 1 amide bonds. The van der Waals surface area contributed by atoms with Crippen molar-refractivity contribution in [1.29, 1.82) is 5.41 Å². The number of amidine groups is 2. The van der Waals surface area contributed by atoms with E-state index in [4.69, 9.17) is 14.9 Å². The van der Waals surface area contributed by atoms with Crippen LogP contribution in [0.3, 0.4) is 0 Å². The lowest BCUT2D eigenvalue weighted by Crippen LogP contribution is -2.35. The number of rotatable bonds is 7. The van der Waals surface area contributed by atoms with E-state index >= 15 is 0 Å². The molecule has 0 unspecified atom stereocenters. The molecule has 0 fully saturated rings. The van der Waals surface area contributed by atoms with Gasteiger partial charge in [-0.2, -0.15) is 15.1 Å². The number of nitrogens with zero attached hydrogens (tertiary/aromatic N) is 4. The summed E-state index contributed by atoms with van der Waals surface area (Å²) in [4.78, 5) is 20.9. The third-order valence-electron chi connectivity index (χ3n) is 5.20. The average Bonchev–Trinajstić information content (AvgIpc) is 3.31. The number of aromatic nitrogens is 1. The fourth-order valence-corrected chi connectivity index (χ4v) is 4.26. The van der Waals surface area contributed by atoms with E-state index in [1.165, 1.54) is 22.3 Å². The minimum Gasteiger partial charge on any atom is -0.490 e. The van der Waals surface area contributed by atoms with Gasteiger partial charge >= 0.3 is 0 Å². The van der Waals surface area contributed by atoms with Gasteiger partial charge in [-0.15, -0.1) is 0 Å². The molecule has 0 atom stereocenters. The van der Waals surface area contributed by atoms with Crippen LogP contribution in [0.5, 0.6) is 11.5 Å². The first-order valence-electron chi connectivity index (χ1n) is 10.9. The first kappa shape index (κ1) is 22.5. The van der Waals surface area contributed by atoms with Crippen LogP contribution >= 0.6 is 11.8 Å². The van der Waals surface area contributed by atoms with Crippen molar-refractivity contribution >= 4 is 39.8 Å². The van der Waals surface area contributed by atoms with Crippen molar-refractivity contribution in [3.8, 4) is 11.5 Å².